The minimum absolute atomic E-state index is 0.102. The summed E-state index contributed by atoms with van der Waals surface area (Å²) >= 11 is 0. The quantitative estimate of drug-likeness (QED) is 0.669. The molecule has 146 valence electrons. The molecule has 1 atom stereocenters. The van der Waals surface area contributed by atoms with Crippen LogP contribution in [0.25, 0.3) is 5.69 Å². The topological polar surface area (TPSA) is 56.1 Å². The Morgan fingerprint density at radius 1 is 1.11 bits per heavy atom. The van der Waals surface area contributed by atoms with Gasteiger partial charge in [-0.2, -0.15) is 0 Å². The third-order valence-electron chi connectivity index (χ3n) is 4.93. The van der Waals surface area contributed by atoms with Crippen molar-refractivity contribution in [2.75, 3.05) is 0 Å². The second-order valence-corrected chi connectivity index (χ2v) is 6.99. The second kappa shape index (κ2) is 8.74. The summed E-state index contributed by atoms with van der Waals surface area (Å²) in [7, 11) is 0. The van der Waals surface area contributed by atoms with E-state index < -0.39 is 6.10 Å². The van der Waals surface area contributed by atoms with E-state index in [1.54, 1.807) is 6.20 Å². The largest absolute Gasteiger partial charge is 0.481 e. The minimum Gasteiger partial charge on any atom is -0.481 e. The van der Waals surface area contributed by atoms with Crippen molar-refractivity contribution >= 4 is 5.91 Å². The Bertz CT molecular complexity index is 945. The highest BCUT2D eigenvalue weighted by Crippen LogP contribution is 2.19. The predicted molar refractivity (Wildman–Crippen MR) is 111 cm³/mol. The molecule has 1 unspecified atom stereocenters. The summed E-state index contributed by atoms with van der Waals surface area (Å²) in [5.41, 5.74) is 4.45. The van der Waals surface area contributed by atoms with E-state index in [1.807, 2.05) is 74.0 Å². The Hall–Kier alpha value is -3.08. The molecule has 5 heteroatoms. The van der Waals surface area contributed by atoms with Gasteiger partial charge in [-0.1, -0.05) is 25.1 Å². The molecule has 0 bridgehead atoms. The summed E-state index contributed by atoms with van der Waals surface area (Å²) in [5, 5.41) is 2.98. The molecule has 1 heterocycles. The number of carbonyl (C=O) groups is 1. The Kier molecular flexibility index (Phi) is 6.14. The van der Waals surface area contributed by atoms with E-state index in [1.165, 1.54) is 5.56 Å². The van der Waals surface area contributed by atoms with Gasteiger partial charge in [0.15, 0.2) is 6.10 Å². The number of aryl methyl sites for hydroxylation is 3. The van der Waals surface area contributed by atoms with Gasteiger partial charge < -0.3 is 14.6 Å². The molecule has 0 radical (unpaired) electrons. The molecular weight excluding hydrogens is 350 g/mol. The maximum absolute atomic E-state index is 12.6. The zero-order valence-corrected chi connectivity index (χ0v) is 16.9. The van der Waals surface area contributed by atoms with Gasteiger partial charge in [0.05, 0.1) is 0 Å². The maximum Gasteiger partial charge on any atom is 0.261 e. The number of hydrogen-bond acceptors (Lipinski definition) is 3. The van der Waals surface area contributed by atoms with Crippen molar-refractivity contribution in [2.24, 2.45) is 0 Å². The fraction of sp³-hybridized carbons (Fsp3) is 0.304. The Morgan fingerprint density at radius 3 is 2.46 bits per heavy atom. The first-order valence-electron chi connectivity index (χ1n) is 9.59. The molecule has 0 saturated heterocycles. The zero-order valence-electron chi connectivity index (χ0n) is 16.9. The number of rotatable bonds is 7. The average Bonchev–Trinajstić information content (AvgIpc) is 3.13. The third-order valence-corrected chi connectivity index (χ3v) is 4.93. The molecule has 28 heavy (non-hydrogen) atoms. The van der Waals surface area contributed by atoms with Crippen molar-refractivity contribution in [1.29, 1.82) is 0 Å². The first-order chi connectivity index (χ1) is 13.5. The number of imidazole rings is 1. The van der Waals surface area contributed by atoms with Crippen LogP contribution >= 0.6 is 0 Å². The van der Waals surface area contributed by atoms with Gasteiger partial charge in [0.25, 0.3) is 5.91 Å². The Balaban J connectivity index is 1.58. The van der Waals surface area contributed by atoms with Crippen molar-refractivity contribution < 1.29 is 9.53 Å². The van der Waals surface area contributed by atoms with Gasteiger partial charge in [-0.15, -0.1) is 0 Å². The Labute approximate surface area is 166 Å². The van der Waals surface area contributed by atoms with E-state index in [4.69, 9.17) is 4.74 Å². The summed E-state index contributed by atoms with van der Waals surface area (Å²) in [4.78, 5) is 16.8. The highest BCUT2D eigenvalue weighted by molar-refractivity contribution is 5.81. The van der Waals surface area contributed by atoms with Crippen molar-refractivity contribution in [3.63, 3.8) is 0 Å². The SMILES string of the molecule is CCC(Oc1ccc(C)c(C)c1)C(=O)NCc1ccc(-n2ccnc2C)cc1. The predicted octanol–water partition coefficient (Wildman–Crippen LogP) is 4.27. The van der Waals surface area contributed by atoms with Crippen molar-refractivity contribution in [3.05, 3.63) is 77.4 Å². The highest BCUT2D eigenvalue weighted by Gasteiger charge is 2.18. The molecule has 2 aromatic carbocycles. The molecule has 0 saturated carbocycles. The number of benzene rings is 2. The summed E-state index contributed by atoms with van der Waals surface area (Å²) < 4.78 is 7.93. The molecule has 0 aliphatic heterocycles. The number of amides is 1. The van der Waals surface area contributed by atoms with Gasteiger partial charge in [0, 0.05) is 24.6 Å². The highest BCUT2D eigenvalue weighted by atomic mass is 16.5. The number of nitrogens with one attached hydrogen (secondary N) is 1. The second-order valence-electron chi connectivity index (χ2n) is 6.99. The van der Waals surface area contributed by atoms with Gasteiger partial charge in [-0.25, -0.2) is 4.98 Å². The van der Waals surface area contributed by atoms with Gasteiger partial charge in [0.2, 0.25) is 0 Å². The number of hydrogen-bond donors (Lipinski definition) is 1. The summed E-state index contributed by atoms with van der Waals surface area (Å²) in [6.07, 6.45) is 3.82. The monoisotopic (exact) mass is 377 g/mol. The van der Waals surface area contributed by atoms with Crippen LogP contribution in [0.1, 0.15) is 35.9 Å². The number of nitrogens with zero attached hydrogens (tertiary/aromatic N) is 2. The Morgan fingerprint density at radius 2 is 1.86 bits per heavy atom. The van der Waals surface area contributed by atoms with Crippen LogP contribution in [0.15, 0.2) is 54.9 Å². The molecule has 1 aromatic heterocycles. The lowest BCUT2D eigenvalue weighted by Crippen LogP contribution is -2.37. The van der Waals surface area contributed by atoms with Crippen molar-refractivity contribution in [3.8, 4) is 11.4 Å². The van der Waals surface area contributed by atoms with Crippen molar-refractivity contribution in [1.82, 2.24) is 14.9 Å². The summed E-state index contributed by atoms with van der Waals surface area (Å²) in [6, 6.07) is 14.0. The fourth-order valence-electron chi connectivity index (χ4n) is 3.00. The van der Waals surface area contributed by atoms with Crippen LogP contribution in [0.2, 0.25) is 0 Å². The average molecular weight is 377 g/mol. The van der Waals surface area contributed by atoms with Crippen LogP contribution in [0.4, 0.5) is 0 Å². The van der Waals surface area contributed by atoms with Crippen LogP contribution in [0, 0.1) is 20.8 Å². The third kappa shape index (κ3) is 4.60. The lowest BCUT2D eigenvalue weighted by Gasteiger charge is -2.18. The maximum atomic E-state index is 12.6. The molecule has 3 aromatic rings. The van der Waals surface area contributed by atoms with Crippen LogP contribution in [0.3, 0.4) is 0 Å². The van der Waals surface area contributed by atoms with Crippen LogP contribution in [0.5, 0.6) is 5.75 Å². The first-order valence-corrected chi connectivity index (χ1v) is 9.59. The zero-order chi connectivity index (χ0) is 20.1. The van der Waals surface area contributed by atoms with E-state index in [0.717, 1.165) is 28.4 Å². The van der Waals surface area contributed by atoms with Gasteiger partial charge in [0.1, 0.15) is 11.6 Å². The lowest BCUT2D eigenvalue weighted by molar-refractivity contribution is -0.128. The molecule has 1 N–H and O–H groups in total. The van der Waals surface area contributed by atoms with E-state index in [9.17, 15) is 4.79 Å². The normalized spacial score (nSPS) is 11.9. The van der Waals surface area contributed by atoms with E-state index in [-0.39, 0.29) is 5.91 Å². The van der Waals surface area contributed by atoms with Crippen LogP contribution in [-0.4, -0.2) is 21.6 Å². The number of aromatic nitrogens is 2. The number of ether oxygens (including phenoxy) is 1. The molecule has 0 aliphatic rings. The molecule has 0 aliphatic carbocycles. The van der Waals surface area contributed by atoms with E-state index >= 15 is 0 Å². The van der Waals surface area contributed by atoms with E-state index in [2.05, 4.69) is 17.2 Å². The van der Waals surface area contributed by atoms with E-state index in [0.29, 0.717) is 13.0 Å². The van der Waals surface area contributed by atoms with Crippen LogP contribution < -0.4 is 10.1 Å². The molecular formula is C23H27N3O2. The summed E-state index contributed by atoms with van der Waals surface area (Å²) in [6.45, 7) is 8.48. The first kappa shape index (κ1) is 19.7. The summed E-state index contributed by atoms with van der Waals surface area (Å²) in [5.74, 6) is 1.57. The van der Waals surface area contributed by atoms with Gasteiger partial charge in [-0.05, 0) is 68.1 Å². The molecule has 0 fully saturated rings. The fourth-order valence-corrected chi connectivity index (χ4v) is 3.00. The lowest BCUT2D eigenvalue weighted by atomic mass is 10.1. The minimum atomic E-state index is -0.505. The van der Waals surface area contributed by atoms with Gasteiger partial charge >= 0.3 is 0 Å². The molecule has 1 amide bonds. The standard InChI is InChI=1S/C23H27N3O2/c1-5-22(28-21-11-6-16(2)17(3)14-21)23(27)25-15-19-7-9-20(10-8-19)26-13-12-24-18(26)4/h6-14,22H,5,15H2,1-4H3,(H,25,27). The molecule has 0 spiro atoms. The van der Waals surface area contributed by atoms with Crippen molar-refractivity contribution in [2.45, 2.75) is 46.8 Å². The van der Waals surface area contributed by atoms with Crippen LogP contribution in [-0.2, 0) is 11.3 Å². The molecule has 3 rings (SSSR count). The smallest absolute Gasteiger partial charge is 0.261 e. The number of carbonyl (C=O) groups excluding carboxylic acids is 1. The van der Waals surface area contributed by atoms with Gasteiger partial charge in [-0.3, -0.25) is 4.79 Å². The molecule has 5 nitrogen and oxygen atoms in total.